The molecule has 0 spiro atoms. The molecular formula is C14H18N2. The maximum atomic E-state index is 4.35. The summed E-state index contributed by atoms with van der Waals surface area (Å²) in [6.07, 6.45) is 4.93. The summed E-state index contributed by atoms with van der Waals surface area (Å²) in [5.74, 6) is 1.16. The molecule has 84 valence electrons. The number of hydrogen-bond acceptors (Lipinski definition) is 1. The fourth-order valence-electron chi connectivity index (χ4n) is 2.07. The van der Waals surface area contributed by atoms with Crippen LogP contribution >= 0.6 is 0 Å². The first kappa shape index (κ1) is 10.9. The van der Waals surface area contributed by atoms with Crippen LogP contribution in [0.2, 0.25) is 0 Å². The van der Waals surface area contributed by atoms with E-state index in [0.29, 0.717) is 0 Å². The van der Waals surface area contributed by atoms with Gasteiger partial charge >= 0.3 is 0 Å². The average molecular weight is 214 g/mol. The van der Waals surface area contributed by atoms with Crippen molar-refractivity contribution in [3.63, 3.8) is 0 Å². The van der Waals surface area contributed by atoms with E-state index < -0.39 is 0 Å². The van der Waals surface area contributed by atoms with E-state index in [1.165, 1.54) is 16.7 Å². The van der Waals surface area contributed by atoms with E-state index >= 15 is 0 Å². The maximum absolute atomic E-state index is 4.35. The zero-order valence-electron chi connectivity index (χ0n) is 10.2. The van der Waals surface area contributed by atoms with Crippen LogP contribution in [0.1, 0.15) is 29.4 Å². The fourth-order valence-corrected chi connectivity index (χ4v) is 2.07. The minimum Gasteiger partial charge on any atom is -0.331 e. The molecule has 0 saturated heterocycles. The topological polar surface area (TPSA) is 17.8 Å². The Balaban J connectivity index is 2.34. The molecule has 0 saturated carbocycles. The summed E-state index contributed by atoms with van der Waals surface area (Å²) in [7, 11) is 0. The monoisotopic (exact) mass is 214 g/mol. The third-order valence-corrected chi connectivity index (χ3v) is 3.09. The van der Waals surface area contributed by atoms with Gasteiger partial charge in [0.1, 0.15) is 5.82 Å². The molecular weight excluding hydrogens is 196 g/mol. The van der Waals surface area contributed by atoms with Crippen molar-refractivity contribution in [3.05, 3.63) is 53.1 Å². The number of hydrogen-bond donors (Lipinski definition) is 0. The Morgan fingerprint density at radius 3 is 2.50 bits per heavy atom. The number of nitrogens with zero attached hydrogens (tertiary/aromatic N) is 2. The van der Waals surface area contributed by atoms with Gasteiger partial charge in [-0.15, -0.1) is 0 Å². The van der Waals surface area contributed by atoms with Crippen LogP contribution in [0.3, 0.4) is 0 Å². The summed E-state index contributed by atoms with van der Waals surface area (Å²) in [5.41, 5.74) is 4.13. The molecule has 0 aliphatic rings. The van der Waals surface area contributed by atoms with Crippen molar-refractivity contribution in [2.75, 3.05) is 0 Å². The standard InChI is InChI=1S/C14H18N2/c1-4-14-15-8-9-16(14)10-13-11(2)6-5-7-12(13)3/h5-9H,4,10H2,1-3H3. The van der Waals surface area contributed by atoms with E-state index in [1.54, 1.807) is 0 Å². The lowest BCUT2D eigenvalue weighted by Crippen LogP contribution is -2.06. The Kier molecular flexibility index (Phi) is 3.09. The van der Waals surface area contributed by atoms with Crippen LogP contribution < -0.4 is 0 Å². The van der Waals surface area contributed by atoms with E-state index in [1.807, 2.05) is 6.20 Å². The molecule has 0 unspecified atom stereocenters. The molecule has 2 aromatic rings. The Bertz CT molecular complexity index is 463. The second kappa shape index (κ2) is 4.52. The average Bonchev–Trinajstić information content (AvgIpc) is 2.71. The van der Waals surface area contributed by atoms with Crippen molar-refractivity contribution in [3.8, 4) is 0 Å². The first-order valence-electron chi connectivity index (χ1n) is 5.77. The Hall–Kier alpha value is -1.57. The van der Waals surface area contributed by atoms with E-state index in [0.717, 1.165) is 18.8 Å². The summed E-state index contributed by atoms with van der Waals surface area (Å²) in [6.45, 7) is 7.42. The summed E-state index contributed by atoms with van der Waals surface area (Å²) >= 11 is 0. The molecule has 0 bridgehead atoms. The number of aryl methyl sites for hydroxylation is 3. The number of imidazole rings is 1. The summed E-state index contributed by atoms with van der Waals surface area (Å²) in [4.78, 5) is 4.35. The van der Waals surface area contributed by atoms with Crippen LogP contribution in [0.15, 0.2) is 30.6 Å². The molecule has 0 aliphatic carbocycles. The van der Waals surface area contributed by atoms with Crippen molar-refractivity contribution in [1.82, 2.24) is 9.55 Å². The van der Waals surface area contributed by atoms with E-state index in [9.17, 15) is 0 Å². The van der Waals surface area contributed by atoms with E-state index in [2.05, 4.69) is 54.7 Å². The third kappa shape index (κ3) is 2.01. The molecule has 0 radical (unpaired) electrons. The molecule has 0 amide bonds. The minimum absolute atomic E-state index is 0.932. The lowest BCUT2D eigenvalue weighted by Gasteiger charge is -2.12. The Morgan fingerprint density at radius 1 is 1.19 bits per heavy atom. The second-order valence-electron chi connectivity index (χ2n) is 4.20. The molecule has 1 aromatic carbocycles. The number of benzene rings is 1. The van der Waals surface area contributed by atoms with E-state index in [4.69, 9.17) is 0 Å². The van der Waals surface area contributed by atoms with Gasteiger partial charge in [-0.2, -0.15) is 0 Å². The number of rotatable bonds is 3. The molecule has 0 fully saturated rings. The van der Waals surface area contributed by atoms with Crippen molar-refractivity contribution < 1.29 is 0 Å². The lowest BCUT2D eigenvalue weighted by molar-refractivity contribution is 0.725. The molecule has 2 rings (SSSR count). The molecule has 2 heteroatoms. The van der Waals surface area contributed by atoms with Crippen LogP contribution in [0, 0.1) is 13.8 Å². The van der Waals surface area contributed by atoms with Crippen molar-refractivity contribution >= 4 is 0 Å². The SMILES string of the molecule is CCc1nccn1Cc1c(C)cccc1C. The van der Waals surface area contributed by atoms with Crippen molar-refractivity contribution in [1.29, 1.82) is 0 Å². The molecule has 1 heterocycles. The highest BCUT2D eigenvalue weighted by Crippen LogP contribution is 2.15. The van der Waals surface area contributed by atoms with Gasteiger partial charge in [-0.1, -0.05) is 25.1 Å². The molecule has 0 N–H and O–H groups in total. The largest absolute Gasteiger partial charge is 0.331 e. The highest BCUT2D eigenvalue weighted by atomic mass is 15.1. The van der Waals surface area contributed by atoms with Gasteiger partial charge in [-0.3, -0.25) is 0 Å². The van der Waals surface area contributed by atoms with Gasteiger partial charge < -0.3 is 4.57 Å². The summed E-state index contributed by atoms with van der Waals surface area (Å²) in [6, 6.07) is 6.46. The predicted molar refractivity (Wildman–Crippen MR) is 66.6 cm³/mol. The lowest BCUT2D eigenvalue weighted by atomic mass is 10.0. The first-order valence-corrected chi connectivity index (χ1v) is 5.77. The van der Waals surface area contributed by atoms with Gasteiger partial charge in [0.25, 0.3) is 0 Å². The normalized spacial score (nSPS) is 10.7. The van der Waals surface area contributed by atoms with Crippen LogP contribution in [0.4, 0.5) is 0 Å². The fraction of sp³-hybridized carbons (Fsp3) is 0.357. The van der Waals surface area contributed by atoms with Crippen molar-refractivity contribution in [2.45, 2.75) is 33.7 Å². The predicted octanol–water partition coefficient (Wildman–Crippen LogP) is 3.11. The van der Waals surface area contributed by atoms with Gasteiger partial charge in [-0.05, 0) is 30.5 Å². The van der Waals surface area contributed by atoms with Gasteiger partial charge in [0, 0.05) is 25.4 Å². The molecule has 0 atom stereocenters. The third-order valence-electron chi connectivity index (χ3n) is 3.09. The Labute approximate surface area is 97.0 Å². The highest BCUT2D eigenvalue weighted by Gasteiger charge is 2.05. The second-order valence-corrected chi connectivity index (χ2v) is 4.20. The Morgan fingerprint density at radius 2 is 1.88 bits per heavy atom. The zero-order chi connectivity index (χ0) is 11.5. The van der Waals surface area contributed by atoms with Crippen molar-refractivity contribution in [2.24, 2.45) is 0 Å². The molecule has 1 aromatic heterocycles. The van der Waals surface area contributed by atoms with Crippen LogP contribution in [-0.2, 0) is 13.0 Å². The molecule has 16 heavy (non-hydrogen) atoms. The van der Waals surface area contributed by atoms with Gasteiger partial charge in [0.15, 0.2) is 0 Å². The first-order chi connectivity index (χ1) is 7.72. The van der Waals surface area contributed by atoms with E-state index in [-0.39, 0.29) is 0 Å². The quantitative estimate of drug-likeness (QED) is 0.767. The summed E-state index contributed by atoms with van der Waals surface area (Å²) in [5, 5.41) is 0. The van der Waals surface area contributed by atoms with Crippen LogP contribution in [-0.4, -0.2) is 9.55 Å². The van der Waals surface area contributed by atoms with Gasteiger partial charge in [0.2, 0.25) is 0 Å². The van der Waals surface area contributed by atoms with Gasteiger partial charge in [0.05, 0.1) is 0 Å². The number of aromatic nitrogens is 2. The van der Waals surface area contributed by atoms with Gasteiger partial charge in [-0.25, -0.2) is 4.98 Å². The summed E-state index contributed by atoms with van der Waals surface area (Å²) < 4.78 is 2.23. The zero-order valence-corrected chi connectivity index (χ0v) is 10.2. The molecule has 0 aliphatic heterocycles. The smallest absolute Gasteiger partial charge is 0.108 e. The minimum atomic E-state index is 0.932. The maximum Gasteiger partial charge on any atom is 0.108 e. The van der Waals surface area contributed by atoms with Crippen LogP contribution in [0.25, 0.3) is 0 Å². The molecule has 2 nitrogen and oxygen atoms in total. The van der Waals surface area contributed by atoms with Crippen LogP contribution in [0.5, 0.6) is 0 Å². The highest BCUT2D eigenvalue weighted by molar-refractivity contribution is 5.33.